The number of halogens is 1. The number of H-pyrrole nitrogens is 1. The molecule has 1 atom stereocenters. The third-order valence-corrected chi connectivity index (χ3v) is 6.01. The molecule has 0 fully saturated rings. The molecule has 1 aromatic heterocycles. The van der Waals surface area contributed by atoms with Crippen molar-refractivity contribution >= 4 is 16.8 Å². The largest absolute Gasteiger partial charge is 0.356 e. The number of rotatable bonds is 4. The van der Waals surface area contributed by atoms with Gasteiger partial charge in [0.25, 0.3) is 0 Å². The van der Waals surface area contributed by atoms with Crippen molar-refractivity contribution in [3.8, 4) is 0 Å². The van der Waals surface area contributed by atoms with E-state index in [2.05, 4.69) is 29.2 Å². The Balaban J connectivity index is 1.51. The number of para-hydroxylation sites is 1. The summed E-state index contributed by atoms with van der Waals surface area (Å²) in [7, 11) is 0. The quantitative estimate of drug-likeness (QED) is 0.490. The fourth-order valence-corrected chi connectivity index (χ4v) is 4.54. The Hall–Kier alpha value is -3.40. The number of amides is 1. The highest BCUT2D eigenvalue weighted by Crippen LogP contribution is 2.38. The molecule has 0 unspecified atom stereocenters. The van der Waals surface area contributed by atoms with Crippen LogP contribution in [-0.2, 0) is 17.6 Å². The lowest BCUT2D eigenvalue weighted by Crippen LogP contribution is -2.40. The number of nitrogens with one attached hydrogen (secondary N) is 1. The summed E-state index contributed by atoms with van der Waals surface area (Å²) in [5, 5.41) is 1.20. The standard InChI is InChI=1S/C26H23FN2O/c27-20-13-11-19(12-14-20)26-25-22(21-8-4-5-9-23(21)28-25)16-17-29(26)24(30)15-10-18-6-2-1-3-7-18/h1-9,11-14,26,28H,10,15-17H2/t26-/m1/s1. The van der Waals surface area contributed by atoms with Crippen molar-refractivity contribution in [3.63, 3.8) is 0 Å². The lowest BCUT2D eigenvalue weighted by atomic mass is 9.92. The Morgan fingerprint density at radius 3 is 2.50 bits per heavy atom. The van der Waals surface area contributed by atoms with Gasteiger partial charge in [-0.3, -0.25) is 4.79 Å². The first kappa shape index (κ1) is 18.6. The van der Waals surface area contributed by atoms with Gasteiger partial charge in [-0.05, 0) is 47.7 Å². The number of aromatic nitrogens is 1. The summed E-state index contributed by atoms with van der Waals surface area (Å²) in [5.74, 6) is -0.147. The van der Waals surface area contributed by atoms with Gasteiger partial charge in [0, 0.05) is 29.6 Å². The van der Waals surface area contributed by atoms with Crippen molar-refractivity contribution in [3.05, 3.63) is 107 Å². The number of fused-ring (bicyclic) bond motifs is 3. The van der Waals surface area contributed by atoms with E-state index in [0.717, 1.165) is 28.8 Å². The first-order valence-electron chi connectivity index (χ1n) is 10.4. The number of aryl methyl sites for hydroxylation is 1. The van der Waals surface area contributed by atoms with Crippen molar-refractivity contribution in [2.24, 2.45) is 0 Å². The van der Waals surface area contributed by atoms with E-state index in [-0.39, 0.29) is 17.8 Å². The van der Waals surface area contributed by atoms with Crippen molar-refractivity contribution in [2.75, 3.05) is 6.54 Å². The van der Waals surface area contributed by atoms with Gasteiger partial charge >= 0.3 is 0 Å². The van der Waals surface area contributed by atoms with Crippen LogP contribution in [0.15, 0.2) is 78.9 Å². The average Bonchev–Trinajstić information content (AvgIpc) is 3.17. The molecule has 4 heteroatoms. The van der Waals surface area contributed by atoms with E-state index in [1.165, 1.54) is 23.1 Å². The molecule has 0 radical (unpaired) electrons. The van der Waals surface area contributed by atoms with Crippen LogP contribution in [0.5, 0.6) is 0 Å². The van der Waals surface area contributed by atoms with Gasteiger partial charge in [0.15, 0.2) is 0 Å². The van der Waals surface area contributed by atoms with E-state index in [1.54, 1.807) is 12.1 Å². The zero-order valence-corrected chi connectivity index (χ0v) is 16.6. The normalized spacial score (nSPS) is 15.9. The lowest BCUT2D eigenvalue weighted by Gasteiger charge is -2.36. The molecule has 1 N–H and O–H groups in total. The summed E-state index contributed by atoms with van der Waals surface area (Å²) in [6, 6.07) is 24.6. The van der Waals surface area contributed by atoms with E-state index in [0.29, 0.717) is 19.4 Å². The highest BCUT2D eigenvalue weighted by molar-refractivity contribution is 5.86. The van der Waals surface area contributed by atoms with Gasteiger partial charge in [0.2, 0.25) is 5.91 Å². The van der Waals surface area contributed by atoms with Crippen LogP contribution < -0.4 is 0 Å². The van der Waals surface area contributed by atoms with E-state index in [9.17, 15) is 9.18 Å². The molecule has 0 aliphatic carbocycles. The van der Waals surface area contributed by atoms with Crippen molar-refractivity contribution in [1.82, 2.24) is 9.88 Å². The molecular weight excluding hydrogens is 375 g/mol. The van der Waals surface area contributed by atoms with Gasteiger partial charge in [-0.1, -0.05) is 60.7 Å². The van der Waals surface area contributed by atoms with Crippen LogP contribution in [0.1, 0.15) is 34.8 Å². The van der Waals surface area contributed by atoms with Gasteiger partial charge in [0.1, 0.15) is 5.82 Å². The van der Waals surface area contributed by atoms with Crippen molar-refractivity contribution in [2.45, 2.75) is 25.3 Å². The molecule has 4 aromatic rings. The molecule has 0 saturated carbocycles. The first-order chi connectivity index (χ1) is 14.7. The van der Waals surface area contributed by atoms with E-state index in [4.69, 9.17) is 0 Å². The number of hydrogen-bond donors (Lipinski definition) is 1. The second kappa shape index (κ2) is 7.79. The number of benzene rings is 3. The maximum atomic E-state index is 13.6. The summed E-state index contributed by atoms with van der Waals surface area (Å²) < 4.78 is 13.6. The molecule has 1 aliphatic rings. The average molecular weight is 398 g/mol. The number of carbonyl (C=O) groups is 1. The Morgan fingerprint density at radius 2 is 1.70 bits per heavy atom. The van der Waals surface area contributed by atoms with E-state index in [1.807, 2.05) is 35.2 Å². The Morgan fingerprint density at radius 1 is 0.967 bits per heavy atom. The molecule has 0 spiro atoms. The fourth-order valence-electron chi connectivity index (χ4n) is 4.54. The minimum atomic E-state index is -0.270. The zero-order chi connectivity index (χ0) is 20.5. The van der Waals surface area contributed by atoms with Crippen LogP contribution >= 0.6 is 0 Å². The smallest absolute Gasteiger partial charge is 0.223 e. The third kappa shape index (κ3) is 3.39. The SMILES string of the molecule is O=C(CCc1ccccc1)N1CCc2c([nH]c3ccccc23)[C@H]1c1ccc(F)cc1. The molecule has 3 nitrogen and oxygen atoms in total. The first-order valence-corrected chi connectivity index (χ1v) is 10.4. The summed E-state index contributed by atoms with van der Waals surface area (Å²) in [5.41, 5.74) is 5.46. The number of hydrogen-bond acceptors (Lipinski definition) is 1. The van der Waals surface area contributed by atoms with Gasteiger partial charge < -0.3 is 9.88 Å². The topological polar surface area (TPSA) is 36.1 Å². The third-order valence-electron chi connectivity index (χ3n) is 6.01. The summed E-state index contributed by atoms with van der Waals surface area (Å²) in [6.45, 7) is 0.657. The minimum Gasteiger partial charge on any atom is -0.356 e. The maximum Gasteiger partial charge on any atom is 0.223 e. The van der Waals surface area contributed by atoms with Crippen LogP contribution in [0.25, 0.3) is 10.9 Å². The molecule has 1 aliphatic heterocycles. The van der Waals surface area contributed by atoms with Crippen LogP contribution in [0, 0.1) is 5.82 Å². The molecule has 150 valence electrons. The Labute approximate surface area is 175 Å². The zero-order valence-electron chi connectivity index (χ0n) is 16.6. The second-order valence-corrected chi connectivity index (χ2v) is 7.84. The van der Waals surface area contributed by atoms with E-state index >= 15 is 0 Å². The summed E-state index contributed by atoms with van der Waals surface area (Å²) in [6.07, 6.45) is 1.98. The maximum absolute atomic E-state index is 13.6. The Bertz CT molecular complexity index is 1180. The molecule has 3 aromatic carbocycles. The second-order valence-electron chi connectivity index (χ2n) is 7.84. The predicted octanol–water partition coefficient (Wildman–Crippen LogP) is 5.41. The molecule has 0 saturated heterocycles. The summed E-state index contributed by atoms with van der Waals surface area (Å²) >= 11 is 0. The number of aromatic amines is 1. The Kier molecular flexibility index (Phi) is 4.83. The van der Waals surface area contributed by atoms with Gasteiger partial charge in [-0.25, -0.2) is 4.39 Å². The highest BCUT2D eigenvalue weighted by Gasteiger charge is 2.34. The van der Waals surface area contributed by atoms with Crippen molar-refractivity contribution < 1.29 is 9.18 Å². The molecular formula is C26H23FN2O. The van der Waals surface area contributed by atoms with Gasteiger partial charge in [-0.15, -0.1) is 0 Å². The highest BCUT2D eigenvalue weighted by atomic mass is 19.1. The van der Waals surface area contributed by atoms with Crippen LogP contribution in [0.3, 0.4) is 0 Å². The monoisotopic (exact) mass is 398 g/mol. The number of nitrogens with zero attached hydrogens (tertiary/aromatic N) is 1. The van der Waals surface area contributed by atoms with Crippen molar-refractivity contribution in [1.29, 1.82) is 0 Å². The molecule has 5 rings (SSSR count). The predicted molar refractivity (Wildman–Crippen MR) is 117 cm³/mol. The molecule has 0 bridgehead atoms. The van der Waals surface area contributed by atoms with Gasteiger partial charge in [-0.2, -0.15) is 0 Å². The van der Waals surface area contributed by atoms with Gasteiger partial charge in [0.05, 0.1) is 6.04 Å². The van der Waals surface area contributed by atoms with Crippen LogP contribution in [0.2, 0.25) is 0 Å². The molecule has 2 heterocycles. The fraction of sp³-hybridized carbons (Fsp3) is 0.192. The summed E-state index contributed by atoms with van der Waals surface area (Å²) in [4.78, 5) is 18.8. The van der Waals surface area contributed by atoms with E-state index < -0.39 is 0 Å². The van der Waals surface area contributed by atoms with Crippen LogP contribution in [0.4, 0.5) is 4.39 Å². The lowest BCUT2D eigenvalue weighted by molar-refractivity contribution is -0.133. The van der Waals surface area contributed by atoms with Crippen LogP contribution in [-0.4, -0.2) is 22.3 Å². The minimum absolute atomic E-state index is 0.123. The molecule has 30 heavy (non-hydrogen) atoms. The molecule has 1 amide bonds. The number of carbonyl (C=O) groups excluding carboxylic acids is 1.